The van der Waals surface area contributed by atoms with Gasteiger partial charge in [-0.25, -0.2) is 14.7 Å². The number of fused-ring (bicyclic) bond motifs is 1. The first-order valence-corrected chi connectivity index (χ1v) is 17.8. The summed E-state index contributed by atoms with van der Waals surface area (Å²) in [6.07, 6.45) is 0. The Morgan fingerprint density at radius 3 is 2.36 bits per heavy atom. The summed E-state index contributed by atoms with van der Waals surface area (Å²) < 4.78 is 0.996. The number of nitrogens with zero attached hydrogens (tertiary/aromatic N) is 5. The summed E-state index contributed by atoms with van der Waals surface area (Å²) in [7, 11) is 1.32. The van der Waals surface area contributed by atoms with E-state index < -0.39 is 69.5 Å². The van der Waals surface area contributed by atoms with Gasteiger partial charge in [0.2, 0.25) is 11.6 Å². The summed E-state index contributed by atoms with van der Waals surface area (Å²) in [6, 6.07) is 14.2. The van der Waals surface area contributed by atoms with Crippen LogP contribution in [0.1, 0.15) is 17.2 Å². The highest BCUT2D eigenvalue weighted by molar-refractivity contribution is 8.01. The number of hydrogen-bond donors (Lipinski definition) is 6. The minimum absolute atomic E-state index is 0.00488. The van der Waals surface area contributed by atoms with Crippen molar-refractivity contribution in [2.75, 3.05) is 24.6 Å². The Morgan fingerprint density at radius 1 is 1.02 bits per heavy atom. The average molecular weight is 766 g/mol. The van der Waals surface area contributed by atoms with Gasteiger partial charge >= 0.3 is 34.9 Å². The summed E-state index contributed by atoms with van der Waals surface area (Å²) in [5, 5.41) is 30.1. The number of carbonyl (C=O) groups excluding carboxylic acids is 5. The predicted molar refractivity (Wildman–Crippen MR) is 186 cm³/mol. The Morgan fingerprint density at radius 2 is 1.70 bits per heavy atom. The van der Waals surface area contributed by atoms with Crippen molar-refractivity contribution in [2.45, 2.75) is 28.8 Å². The molecule has 3 aromatic rings. The molecule has 3 aliphatic rings. The molecular formula is C32H31N9O10S2. The Kier molecular flexibility index (Phi) is 10.5. The van der Waals surface area contributed by atoms with Gasteiger partial charge < -0.3 is 25.8 Å². The van der Waals surface area contributed by atoms with Crippen molar-refractivity contribution in [3.8, 4) is 0 Å². The van der Waals surface area contributed by atoms with Crippen LogP contribution in [-0.4, -0.2) is 111 Å². The Balaban J connectivity index is 1.19. The minimum atomic E-state index is -2.24. The number of hydroxylamine groups is 1. The van der Waals surface area contributed by atoms with Crippen LogP contribution in [0.15, 0.2) is 86.7 Å². The van der Waals surface area contributed by atoms with E-state index >= 15 is 0 Å². The van der Waals surface area contributed by atoms with Gasteiger partial charge in [0.25, 0.3) is 5.91 Å². The lowest BCUT2D eigenvalue weighted by molar-refractivity contribution is -0.171. The van der Waals surface area contributed by atoms with Gasteiger partial charge in [0.1, 0.15) is 17.1 Å². The summed E-state index contributed by atoms with van der Waals surface area (Å²) in [6.45, 7) is 0.0260. The van der Waals surface area contributed by atoms with Gasteiger partial charge in [0, 0.05) is 38.2 Å². The Labute approximate surface area is 307 Å². The van der Waals surface area contributed by atoms with Crippen LogP contribution in [0.5, 0.6) is 0 Å². The zero-order valence-corrected chi connectivity index (χ0v) is 29.3. The first kappa shape index (κ1) is 37.0. The fourth-order valence-corrected chi connectivity index (χ4v) is 8.42. The van der Waals surface area contributed by atoms with Crippen molar-refractivity contribution >= 4 is 59.2 Å². The minimum Gasteiger partial charge on any atom is -0.477 e. The van der Waals surface area contributed by atoms with Crippen molar-refractivity contribution < 1.29 is 39.1 Å². The quantitative estimate of drug-likeness (QED) is 0.0447. The van der Waals surface area contributed by atoms with E-state index in [1.165, 1.54) is 24.1 Å². The molecule has 1 aromatic heterocycles. The van der Waals surface area contributed by atoms with E-state index in [0.29, 0.717) is 4.90 Å². The second-order valence-corrected chi connectivity index (χ2v) is 14.0. The number of β-lactam (4-membered cyclic amide) rings is 1. The van der Waals surface area contributed by atoms with E-state index in [4.69, 9.17) is 0 Å². The smallest absolute Gasteiger partial charge is 0.352 e. The summed E-state index contributed by atoms with van der Waals surface area (Å²) >= 11 is 1.96. The number of benzene rings is 2. The monoisotopic (exact) mass is 765 g/mol. The summed E-state index contributed by atoms with van der Waals surface area (Å²) in [5.41, 5.74) is -1.35. The molecule has 53 heavy (non-hydrogen) atoms. The Bertz CT molecular complexity index is 2150. The number of piperazine rings is 1. The highest BCUT2D eigenvalue weighted by Crippen LogP contribution is 2.45. The maximum absolute atomic E-state index is 13.9. The van der Waals surface area contributed by atoms with Crippen LogP contribution in [0.4, 0.5) is 4.79 Å². The normalized spacial score (nSPS) is 20.5. The fourth-order valence-electron chi connectivity index (χ4n) is 5.95. The van der Waals surface area contributed by atoms with Crippen LogP contribution in [0.3, 0.4) is 0 Å². The maximum atomic E-state index is 13.9. The predicted octanol–water partition coefficient (Wildman–Crippen LogP) is -1.07. The number of rotatable bonds is 11. The van der Waals surface area contributed by atoms with Gasteiger partial charge in [-0.2, -0.15) is 5.48 Å². The number of hydrogen-bond acceptors (Lipinski definition) is 13. The molecule has 0 spiro atoms. The lowest BCUT2D eigenvalue weighted by atomic mass is 9.94. The van der Waals surface area contributed by atoms with E-state index in [1.807, 2.05) is 11.5 Å². The van der Waals surface area contributed by atoms with Crippen molar-refractivity contribution in [3.05, 3.63) is 104 Å². The van der Waals surface area contributed by atoms with Crippen LogP contribution in [-0.2, 0) is 37.6 Å². The van der Waals surface area contributed by atoms with Gasteiger partial charge in [-0.1, -0.05) is 72.4 Å². The molecule has 6 amide bonds. The van der Waals surface area contributed by atoms with Crippen molar-refractivity contribution in [1.29, 1.82) is 0 Å². The number of thioether (sulfide) groups is 2. The second-order valence-electron chi connectivity index (χ2n) is 12.0. The third kappa shape index (κ3) is 6.93. The first-order chi connectivity index (χ1) is 25.4. The van der Waals surface area contributed by atoms with E-state index in [9.17, 15) is 48.7 Å². The third-order valence-corrected chi connectivity index (χ3v) is 11.2. The molecule has 0 saturated carbocycles. The molecule has 3 atom stereocenters. The Hall–Kier alpha value is -5.77. The third-order valence-electron chi connectivity index (χ3n) is 8.70. The van der Waals surface area contributed by atoms with E-state index in [-0.39, 0.29) is 47.4 Å². The SMILES string of the molecule is Cn1c(SCC2=C(C(=O)O)N3C(=O)[C@@](NO)(NC(=O)C(NC(=O)N4CCN(Cc5ccccc5)C(=O)C4=O)c4ccccc4)[C@H]3SC2)n[nH]c(=O)c1=O. The van der Waals surface area contributed by atoms with Crippen molar-refractivity contribution in [2.24, 2.45) is 7.05 Å². The number of carboxylic acid groups (broad SMARTS) is 1. The molecule has 0 bridgehead atoms. The van der Waals surface area contributed by atoms with Gasteiger partial charge in [0.15, 0.2) is 5.16 Å². The van der Waals surface area contributed by atoms with Crippen LogP contribution >= 0.6 is 23.5 Å². The number of nitrogens with one attached hydrogen (secondary N) is 4. The van der Waals surface area contributed by atoms with Crippen LogP contribution in [0.25, 0.3) is 0 Å². The molecule has 1 unspecified atom stereocenters. The van der Waals surface area contributed by atoms with Gasteiger partial charge in [-0.15, -0.1) is 16.9 Å². The standard InChI is InChI=1S/C32H31N9O10S2/c1-38-24(44)23(43)35-36-31(38)53-16-19-15-52-29-32(37-51,28(49)41(29)21(19)27(47)48)34-22(42)20(18-10-6-3-7-11-18)33-30(50)40-13-12-39(25(45)26(40)46)14-17-8-4-2-5-9-17/h2-11,20,29,37,51H,12-16H2,1H3,(H,33,50)(H,34,42)(H,35,43)(H,47,48)/t20?,29-,32+/m1/s1. The van der Waals surface area contributed by atoms with Crippen LogP contribution in [0.2, 0.25) is 0 Å². The molecule has 2 fully saturated rings. The molecule has 6 rings (SSSR count). The molecule has 2 saturated heterocycles. The number of H-pyrrole nitrogens is 1. The summed E-state index contributed by atoms with van der Waals surface area (Å²) in [5.74, 6) is -5.57. The molecule has 6 N–H and O–H groups in total. The number of amides is 6. The zero-order valence-electron chi connectivity index (χ0n) is 27.7. The number of aromatic nitrogens is 3. The van der Waals surface area contributed by atoms with Gasteiger partial charge in [-0.05, 0) is 16.7 Å². The van der Waals surface area contributed by atoms with Crippen LogP contribution in [0, 0.1) is 0 Å². The largest absolute Gasteiger partial charge is 0.477 e. The lowest BCUT2D eigenvalue weighted by Crippen LogP contribution is -2.85. The average Bonchev–Trinajstić information content (AvgIpc) is 3.16. The molecule has 0 aliphatic carbocycles. The number of imide groups is 1. The molecule has 21 heteroatoms. The van der Waals surface area contributed by atoms with E-state index in [0.717, 1.165) is 38.6 Å². The first-order valence-electron chi connectivity index (χ1n) is 15.8. The van der Waals surface area contributed by atoms with E-state index in [1.54, 1.807) is 42.5 Å². The number of aromatic amines is 1. The molecule has 2 aromatic carbocycles. The maximum Gasteiger partial charge on any atom is 0.352 e. The highest BCUT2D eigenvalue weighted by Gasteiger charge is 2.66. The molecule has 19 nitrogen and oxygen atoms in total. The summed E-state index contributed by atoms with van der Waals surface area (Å²) in [4.78, 5) is 106. The number of urea groups is 1. The van der Waals surface area contributed by atoms with Gasteiger partial charge in [0.05, 0.1) is 0 Å². The van der Waals surface area contributed by atoms with Crippen molar-refractivity contribution in [3.63, 3.8) is 0 Å². The molecule has 4 heterocycles. The van der Waals surface area contributed by atoms with Gasteiger partial charge in [-0.3, -0.25) is 43.1 Å². The number of carbonyl (C=O) groups is 6. The highest BCUT2D eigenvalue weighted by atomic mass is 32.2. The molecule has 0 radical (unpaired) electrons. The number of aliphatic carboxylic acids is 1. The molecule has 276 valence electrons. The second kappa shape index (κ2) is 15.1. The van der Waals surface area contributed by atoms with E-state index in [2.05, 4.69) is 20.8 Å². The fraction of sp³-hybridized carbons (Fsp3) is 0.281. The molecular weight excluding hydrogens is 735 g/mol. The molecule has 3 aliphatic heterocycles. The zero-order chi connectivity index (χ0) is 38.0. The topological polar surface area (TPSA) is 256 Å². The lowest BCUT2D eigenvalue weighted by Gasteiger charge is -2.56. The number of carboxylic acids is 1. The van der Waals surface area contributed by atoms with Crippen molar-refractivity contribution in [1.82, 2.24) is 45.6 Å². The van der Waals surface area contributed by atoms with Crippen LogP contribution < -0.4 is 27.2 Å².